The van der Waals surface area contributed by atoms with Gasteiger partial charge in [0.05, 0.1) is 27.0 Å². The van der Waals surface area contributed by atoms with E-state index in [9.17, 15) is 9.59 Å². The smallest absolute Gasteiger partial charge is 0.264 e. The minimum absolute atomic E-state index is 0.119. The van der Waals surface area contributed by atoms with E-state index in [2.05, 4.69) is 10.1 Å². The molecular weight excluding hydrogens is 312 g/mol. The van der Waals surface area contributed by atoms with E-state index < -0.39 is 0 Å². The number of methoxy groups -OCH3 is 2. The molecule has 0 aliphatic rings. The maximum atomic E-state index is 12.5. The summed E-state index contributed by atoms with van der Waals surface area (Å²) >= 11 is 0. The van der Waals surface area contributed by atoms with Crippen LogP contribution >= 0.6 is 0 Å². The van der Waals surface area contributed by atoms with Crippen LogP contribution in [0.3, 0.4) is 0 Å². The SMILES string of the molecule is COc1ccc(C(=O)Cn2cnc3c(cnn3C)c2=O)cc1OC. The van der Waals surface area contributed by atoms with E-state index in [0.29, 0.717) is 28.1 Å². The van der Waals surface area contributed by atoms with Crippen LogP contribution < -0.4 is 15.0 Å². The predicted octanol–water partition coefficient (Wildman–Crippen LogP) is 1.03. The Bertz CT molecular complexity index is 974. The van der Waals surface area contributed by atoms with Gasteiger partial charge in [0.2, 0.25) is 0 Å². The lowest BCUT2D eigenvalue weighted by atomic mass is 10.1. The summed E-state index contributed by atoms with van der Waals surface area (Å²) in [6.45, 7) is -0.119. The molecule has 0 radical (unpaired) electrons. The van der Waals surface area contributed by atoms with E-state index in [-0.39, 0.29) is 17.9 Å². The molecule has 2 heterocycles. The van der Waals surface area contributed by atoms with Gasteiger partial charge in [0.25, 0.3) is 5.56 Å². The van der Waals surface area contributed by atoms with Crippen molar-refractivity contribution in [2.45, 2.75) is 6.54 Å². The zero-order valence-corrected chi connectivity index (χ0v) is 13.5. The molecule has 24 heavy (non-hydrogen) atoms. The summed E-state index contributed by atoms with van der Waals surface area (Å²) in [5.74, 6) is 0.754. The molecule has 0 spiro atoms. The van der Waals surface area contributed by atoms with Crippen molar-refractivity contribution >= 4 is 16.8 Å². The van der Waals surface area contributed by atoms with E-state index in [1.54, 1.807) is 25.2 Å². The number of nitrogens with zero attached hydrogens (tertiary/aromatic N) is 4. The molecule has 0 aliphatic carbocycles. The fourth-order valence-corrected chi connectivity index (χ4v) is 2.43. The number of hydrogen-bond acceptors (Lipinski definition) is 6. The highest BCUT2D eigenvalue weighted by Gasteiger charge is 2.14. The van der Waals surface area contributed by atoms with Crippen molar-refractivity contribution in [1.82, 2.24) is 19.3 Å². The van der Waals surface area contributed by atoms with Gasteiger partial charge < -0.3 is 9.47 Å². The van der Waals surface area contributed by atoms with Gasteiger partial charge >= 0.3 is 0 Å². The van der Waals surface area contributed by atoms with Gasteiger partial charge in [-0.3, -0.25) is 18.8 Å². The van der Waals surface area contributed by atoms with Crippen LogP contribution in [0.1, 0.15) is 10.4 Å². The molecule has 0 N–H and O–H groups in total. The number of carbonyl (C=O) groups is 1. The first-order valence-corrected chi connectivity index (χ1v) is 7.17. The van der Waals surface area contributed by atoms with Crippen LogP contribution in [-0.4, -0.2) is 39.3 Å². The largest absolute Gasteiger partial charge is 0.493 e. The first kappa shape index (κ1) is 15.7. The van der Waals surface area contributed by atoms with Crippen LogP contribution in [0.25, 0.3) is 11.0 Å². The van der Waals surface area contributed by atoms with Crippen molar-refractivity contribution < 1.29 is 14.3 Å². The molecular formula is C16H16N4O4. The minimum Gasteiger partial charge on any atom is -0.493 e. The standard InChI is InChI=1S/C16H16N4O4/c1-19-15-11(7-18-19)16(22)20(9-17-15)8-12(21)10-4-5-13(23-2)14(6-10)24-3/h4-7,9H,8H2,1-3H3. The van der Waals surface area contributed by atoms with Crippen LogP contribution in [0.5, 0.6) is 11.5 Å². The highest BCUT2D eigenvalue weighted by atomic mass is 16.5. The molecule has 8 nitrogen and oxygen atoms in total. The number of ether oxygens (including phenoxy) is 2. The van der Waals surface area contributed by atoms with Gasteiger partial charge in [0.15, 0.2) is 22.9 Å². The Morgan fingerprint density at radius 1 is 1.21 bits per heavy atom. The second-order valence-corrected chi connectivity index (χ2v) is 5.18. The number of carbonyl (C=O) groups excluding carboxylic acids is 1. The molecule has 0 aliphatic heterocycles. The zero-order valence-electron chi connectivity index (χ0n) is 13.5. The molecule has 3 aromatic rings. The molecule has 0 saturated carbocycles. The van der Waals surface area contributed by atoms with Gasteiger partial charge in [-0.25, -0.2) is 4.98 Å². The monoisotopic (exact) mass is 328 g/mol. The first-order chi connectivity index (χ1) is 11.5. The van der Waals surface area contributed by atoms with E-state index in [1.807, 2.05) is 0 Å². The van der Waals surface area contributed by atoms with Crippen LogP contribution in [0.15, 0.2) is 35.5 Å². The number of aryl methyl sites for hydroxylation is 1. The Labute approximate surface area is 137 Å². The maximum Gasteiger partial charge on any atom is 0.264 e. The van der Waals surface area contributed by atoms with Gasteiger partial charge in [-0.1, -0.05) is 0 Å². The summed E-state index contributed by atoms with van der Waals surface area (Å²) in [5, 5.41) is 4.38. The zero-order chi connectivity index (χ0) is 17.3. The molecule has 124 valence electrons. The summed E-state index contributed by atoms with van der Waals surface area (Å²) < 4.78 is 13.1. The highest BCUT2D eigenvalue weighted by Crippen LogP contribution is 2.27. The number of fused-ring (bicyclic) bond motifs is 1. The molecule has 0 unspecified atom stereocenters. The lowest BCUT2D eigenvalue weighted by Gasteiger charge is -2.09. The molecule has 3 rings (SSSR count). The quantitative estimate of drug-likeness (QED) is 0.650. The number of benzene rings is 1. The normalized spacial score (nSPS) is 10.8. The van der Waals surface area contributed by atoms with Crippen molar-refractivity contribution in [2.75, 3.05) is 14.2 Å². The van der Waals surface area contributed by atoms with Crippen molar-refractivity contribution in [1.29, 1.82) is 0 Å². The second kappa shape index (κ2) is 6.15. The van der Waals surface area contributed by atoms with Gasteiger partial charge in [0.1, 0.15) is 11.7 Å². The van der Waals surface area contributed by atoms with Gasteiger partial charge in [0, 0.05) is 12.6 Å². The molecule has 8 heteroatoms. The summed E-state index contributed by atoms with van der Waals surface area (Å²) in [6, 6.07) is 4.87. The lowest BCUT2D eigenvalue weighted by molar-refractivity contribution is 0.0970. The average molecular weight is 328 g/mol. The van der Waals surface area contributed by atoms with Crippen molar-refractivity contribution in [3.8, 4) is 11.5 Å². The van der Waals surface area contributed by atoms with Crippen LogP contribution in [0, 0.1) is 0 Å². The predicted molar refractivity (Wildman–Crippen MR) is 86.6 cm³/mol. The first-order valence-electron chi connectivity index (χ1n) is 7.17. The summed E-state index contributed by atoms with van der Waals surface area (Å²) in [4.78, 5) is 29.1. The van der Waals surface area contributed by atoms with Crippen molar-refractivity contribution in [2.24, 2.45) is 7.05 Å². The van der Waals surface area contributed by atoms with E-state index in [1.165, 1.54) is 36.0 Å². The molecule has 0 bridgehead atoms. The van der Waals surface area contributed by atoms with E-state index in [0.717, 1.165) is 0 Å². The van der Waals surface area contributed by atoms with Crippen LogP contribution in [0.4, 0.5) is 0 Å². The number of hydrogen-bond donors (Lipinski definition) is 0. The van der Waals surface area contributed by atoms with Crippen LogP contribution in [0.2, 0.25) is 0 Å². The Hall–Kier alpha value is -3.16. The Kier molecular flexibility index (Phi) is 4.03. The van der Waals surface area contributed by atoms with Crippen molar-refractivity contribution in [3.05, 3.63) is 46.6 Å². The summed E-state index contributed by atoms with van der Waals surface area (Å²) in [6.07, 6.45) is 2.80. The maximum absolute atomic E-state index is 12.5. The third-order valence-corrected chi connectivity index (χ3v) is 3.74. The van der Waals surface area contributed by atoms with E-state index in [4.69, 9.17) is 9.47 Å². The fraction of sp³-hybridized carbons (Fsp3) is 0.250. The van der Waals surface area contributed by atoms with Gasteiger partial charge in [-0.15, -0.1) is 0 Å². The summed E-state index contributed by atoms with van der Waals surface area (Å²) in [7, 11) is 4.72. The van der Waals surface area contributed by atoms with Gasteiger partial charge in [-0.2, -0.15) is 5.10 Å². The number of aromatic nitrogens is 4. The Morgan fingerprint density at radius 3 is 2.67 bits per heavy atom. The third kappa shape index (κ3) is 2.62. The highest BCUT2D eigenvalue weighted by molar-refractivity contribution is 5.96. The number of ketones is 1. The average Bonchev–Trinajstić information content (AvgIpc) is 2.98. The minimum atomic E-state index is -0.304. The molecule has 2 aromatic heterocycles. The Morgan fingerprint density at radius 2 is 1.96 bits per heavy atom. The van der Waals surface area contributed by atoms with Crippen molar-refractivity contribution in [3.63, 3.8) is 0 Å². The van der Waals surface area contributed by atoms with Crippen LogP contribution in [-0.2, 0) is 13.6 Å². The number of rotatable bonds is 5. The molecule has 0 atom stereocenters. The van der Waals surface area contributed by atoms with E-state index >= 15 is 0 Å². The Balaban J connectivity index is 1.92. The number of Topliss-reactive ketones (excluding diaryl/α,β-unsaturated/α-hetero) is 1. The summed E-state index contributed by atoms with van der Waals surface area (Å²) in [5.41, 5.74) is 0.600. The fourth-order valence-electron chi connectivity index (χ4n) is 2.43. The lowest BCUT2D eigenvalue weighted by Crippen LogP contribution is -2.24. The molecule has 0 amide bonds. The second-order valence-electron chi connectivity index (χ2n) is 5.18. The topological polar surface area (TPSA) is 88.2 Å². The third-order valence-electron chi connectivity index (χ3n) is 3.74. The molecule has 0 fully saturated rings. The van der Waals surface area contributed by atoms with Gasteiger partial charge in [-0.05, 0) is 18.2 Å². The molecule has 1 aromatic carbocycles. The molecule has 0 saturated heterocycles.